The van der Waals surface area contributed by atoms with Gasteiger partial charge >= 0.3 is 0 Å². The first-order valence-electron chi connectivity index (χ1n) is 6.54. The van der Waals surface area contributed by atoms with Gasteiger partial charge in [-0.05, 0) is 25.0 Å². The second kappa shape index (κ2) is 6.32. The molecule has 0 aliphatic heterocycles. The fourth-order valence-electron chi connectivity index (χ4n) is 1.76. The minimum absolute atomic E-state index is 0.0132. The van der Waals surface area contributed by atoms with Crippen molar-refractivity contribution >= 4 is 17.3 Å². The molecule has 0 amide bonds. The van der Waals surface area contributed by atoms with Crippen molar-refractivity contribution in [3.05, 3.63) is 47.5 Å². The first-order chi connectivity index (χ1) is 9.61. The third-order valence-corrected chi connectivity index (χ3v) is 2.87. The van der Waals surface area contributed by atoms with E-state index in [9.17, 15) is 8.78 Å². The lowest BCUT2D eigenvalue weighted by Crippen LogP contribution is -2.08. The fourth-order valence-corrected chi connectivity index (χ4v) is 1.76. The molecule has 1 heterocycles. The number of aryl methyl sites for hydroxylation is 1. The highest BCUT2D eigenvalue weighted by atomic mass is 19.1. The Morgan fingerprint density at radius 3 is 2.50 bits per heavy atom. The summed E-state index contributed by atoms with van der Waals surface area (Å²) in [6, 6.07) is 8.29. The van der Waals surface area contributed by atoms with E-state index in [1.54, 1.807) is 0 Å². The number of hydrogen-bond donors (Lipinski definition) is 2. The first kappa shape index (κ1) is 14.2. The molecule has 0 saturated heterocycles. The van der Waals surface area contributed by atoms with Gasteiger partial charge in [-0.1, -0.05) is 25.1 Å². The molecular formula is C15H17F2N3. The molecule has 0 bridgehead atoms. The molecule has 2 aromatic rings. The zero-order valence-electron chi connectivity index (χ0n) is 11.5. The van der Waals surface area contributed by atoms with Gasteiger partial charge in [-0.3, -0.25) is 0 Å². The molecule has 0 aliphatic carbocycles. The number of para-hydroxylation sites is 1. The predicted molar refractivity (Wildman–Crippen MR) is 77.4 cm³/mol. The molecule has 20 heavy (non-hydrogen) atoms. The third-order valence-electron chi connectivity index (χ3n) is 2.87. The Balaban J connectivity index is 2.29. The van der Waals surface area contributed by atoms with E-state index in [0.717, 1.165) is 23.7 Å². The van der Waals surface area contributed by atoms with E-state index in [-0.39, 0.29) is 11.6 Å². The van der Waals surface area contributed by atoms with Crippen molar-refractivity contribution in [2.24, 2.45) is 0 Å². The van der Waals surface area contributed by atoms with Crippen molar-refractivity contribution in [2.75, 3.05) is 17.2 Å². The summed E-state index contributed by atoms with van der Waals surface area (Å²) >= 11 is 0. The summed E-state index contributed by atoms with van der Waals surface area (Å²) in [6.45, 7) is 4.44. The number of halogens is 2. The van der Waals surface area contributed by atoms with E-state index in [1.165, 1.54) is 0 Å². The monoisotopic (exact) mass is 277 g/mol. The fraction of sp³-hybridized carbons (Fsp3) is 0.267. The van der Waals surface area contributed by atoms with Crippen molar-refractivity contribution in [3.8, 4) is 0 Å². The van der Waals surface area contributed by atoms with Gasteiger partial charge in [-0.25, -0.2) is 13.8 Å². The van der Waals surface area contributed by atoms with Crippen LogP contribution in [0.1, 0.15) is 18.9 Å². The first-order valence-corrected chi connectivity index (χ1v) is 6.54. The van der Waals surface area contributed by atoms with Crippen LogP contribution in [-0.4, -0.2) is 11.5 Å². The second-order valence-corrected chi connectivity index (χ2v) is 4.52. The summed E-state index contributed by atoms with van der Waals surface area (Å²) in [5, 5.41) is 5.73. The minimum atomic E-state index is -0.715. The summed E-state index contributed by atoms with van der Waals surface area (Å²) in [5.74, 6) is -1.33. The van der Waals surface area contributed by atoms with Crippen molar-refractivity contribution in [3.63, 3.8) is 0 Å². The van der Waals surface area contributed by atoms with Gasteiger partial charge in [0.2, 0.25) is 0 Å². The topological polar surface area (TPSA) is 37.0 Å². The molecule has 0 atom stereocenters. The molecule has 2 N–H and O–H groups in total. The Morgan fingerprint density at radius 1 is 1.10 bits per heavy atom. The summed E-state index contributed by atoms with van der Waals surface area (Å²) < 4.78 is 27.4. The number of nitrogens with one attached hydrogen (secondary N) is 2. The molecule has 0 unspecified atom stereocenters. The average Bonchev–Trinajstić information content (AvgIpc) is 2.43. The third kappa shape index (κ3) is 3.23. The number of benzene rings is 1. The lowest BCUT2D eigenvalue weighted by Gasteiger charge is -2.12. The molecule has 0 spiro atoms. The van der Waals surface area contributed by atoms with E-state index in [4.69, 9.17) is 0 Å². The molecular weight excluding hydrogens is 260 g/mol. The number of nitrogens with zero attached hydrogens (tertiary/aromatic N) is 1. The van der Waals surface area contributed by atoms with Gasteiger partial charge in [0.15, 0.2) is 23.3 Å². The normalized spacial score (nSPS) is 10.4. The summed E-state index contributed by atoms with van der Waals surface area (Å²) in [4.78, 5) is 3.97. The van der Waals surface area contributed by atoms with Crippen LogP contribution in [0.15, 0.2) is 30.3 Å². The largest absolute Gasteiger partial charge is 0.368 e. The van der Waals surface area contributed by atoms with Crippen LogP contribution in [0.5, 0.6) is 0 Å². The van der Waals surface area contributed by atoms with Crippen molar-refractivity contribution in [1.82, 2.24) is 4.98 Å². The highest BCUT2D eigenvalue weighted by Gasteiger charge is 2.12. The second-order valence-electron chi connectivity index (χ2n) is 4.52. The summed E-state index contributed by atoms with van der Waals surface area (Å²) in [7, 11) is 0. The molecule has 2 rings (SSSR count). The van der Waals surface area contributed by atoms with Gasteiger partial charge in [-0.15, -0.1) is 0 Å². The summed E-state index contributed by atoms with van der Waals surface area (Å²) in [5.41, 5.74) is 1.70. The van der Waals surface area contributed by atoms with E-state index in [2.05, 4.69) is 15.6 Å². The maximum atomic E-state index is 13.8. The molecule has 0 saturated carbocycles. The van der Waals surface area contributed by atoms with Crippen molar-refractivity contribution in [2.45, 2.75) is 20.3 Å². The maximum absolute atomic E-state index is 13.8. The molecule has 5 heteroatoms. The van der Waals surface area contributed by atoms with Crippen LogP contribution in [0.2, 0.25) is 0 Å². The number of aromatic nitrogens is 1. The van der Waals surface area contributed by atoms with Crippen LogP contribution < -0.4 is 10.6 Å². The lowest BCUT2D eigenvalue weighted by molar-refractivity contribution is 0.579. The highest BCUT2D eigenvalue weighted by molar-refractivity contribution is 5.62. The van der Waals surface area contributed by atoms with Gasteiger partial charge in [0.25, 0.3) is 0 Å². The van der Waals surface area contributed by atoms with Crippen molar-refractivity contribution < 1.29 is 8.78 Å². The Hall–Kier alpha value is -2.17. The molecule has 3 nitrogen and oxygen atoms in total. The number of hydrogen-bond acceptors (Lipinski definition) is 3. The van der Waals surface area contributed by atoms with Gasteiger partial charge < -0.3 is 10.6 Å². The number of rotatable bonds is 5. The molecule has 0 radical (unpaired) electrons. The average molecular weight is 277 g/mol. The zero-order valence-corrected chi connectivity index (χ0v) is 11.5. The van der Waals surface area contributed by atoms with Gasteiger partial charge in [-0.2, -0.15) is 0 Å². The number of pyridine rings is 1. The van der Waals surface area contributed by atoms with Crippen LogP contribution in [-0.2, 0) is 0 Å². The molecule has 0 fully saturated rings. The Morgan fingerprint density at radius 2 is 1.80 bits per heavy atom. The van der Waals surface area contributed by atoms with Gasteiger partial charge in [0.1, 0.15) is 0 Å². The molecule has 106 valence electrons. The molecule has 1 aromatic heterocycles. The van der Waals surface area contributed by atoms with Crippen molar-refractivity contribution in [1.29, 1.82) is 0 Å². The van der Waals surface area contributed by atoms with Gasteiger partial charge in [0.05, 0.1) is 0 Å². The molecule has 1 aromatic carbocycles. The van der Waals surface area contributed by atoms with E-state index >= 15 is 0 Å². The van der Waals surface area contributed by atoms with Gasteiger partial charge in [0, 0.05) is 18.3 Å². The van der Waals surface area contributed by atoms with E-state index in [1.807, 2.05) is 38.1 Å². The lowest BCUT2D eigenvalue weighted by atomic mass is 10.2. The molecule has 0 aliphatic rings. The standard InChI is InChI=1S/C15H17F2N3/c1-3-8-18-14-11(16)9-12(17)15(20-14)19-13-7-5-4-6-10(13)2/h4-7,9H,3,8H2,1-2H3,(H2,18,19,20). The van der Waals surface area contributed by atoms with Crippen LogP contribution in [0.4, 0.5) is 26.1 Å². The Labute approximate surface area is 117 Å². The smallest absolute Gasteiger partial charge is 0.169 e. The SMILES string of the molecule is CCCNc1nc(Nc2ccccc2C)c(F)cc1F. The van der Waals surface area contributed by atoms with Crippen LogP contribution in [0, 0.1) is 18.6 Å². The van der Waals surface area contributed by atoms with Crippen LogP contribution in [0.3, 0.4) is 0 Å². The Kier molecular flexibility index (Phi) is 4.50. The number of anilines is 3. The minimum Gasteiger partial charge on any atom is -0.368 e. The quantitative estimate of drug-likeness (QED) is 0.858. The predicted octanol–water partition coefficient (Wildman–Crippen LogP) is 4.23. The van der Waals surface area contributed by atoms with E-state index in [0.29, 0.717) is 6.54 Å². The van der Waals surface area contributed by atoms with Crippen LogP contribution in [0.25, 0.3) is 0 Å². The Bertz CT molecular complexity index is 600. The maximum Gasteiger partial charge on any atom is 0.169 e. The zero-order chi connectivity index (χ0) is 14.5. The highest BCUT2D eigenvalue weighted by Crippen LogP contribution is 2.24. The van der Waals surface area contributed by atoms with Crippen LogP contribution >= 0.6 is 0 Å². The summed E-state index contributed by atoms with van der Waals surface area (Å²) in [6.07, 6.45) is 0.832. The van der Waals surface area contributed by atoms with E-state index < -0.39 is 11.6 Å².